The van der Waals surface area contributed by atoms with E-state index in [1.165, 1.54) is 6.08 Å². The average Bonchev–Trinajstić information content (AvgIpc) is 2.98. The van der Waals surface area contributed by atoms with Crippen LogP contribution < -0.4 is 10.6 Å². The lowest BCUT2D eigenvalue weighted by atomic mass is 9.89. The molecule has 168 valence electrons. The van der Waals surface area contributed by atoms with Crippen molar-refractivity contribution in [1.82, 2.24) is 10.6 Å². The second kappa shape index (κ2) is 12.4. The number of benzene rings is 1. The summed E-state index contributed by atoms with van der Waals surface area (Å²) < 4.78 is 5.29. The fourth-order valence-electron chi connectivity index (χ4n) is 3.28. The molecule has 5 heteroatoms. The molecule has 0 aromatic heterocycles. The Bertz CT molecular complexity index is 982. The number of amides is 2. The lowest BCUT2D eigenvalue weighted by Crippen LogP contribution is -2.26. The average molecular weight is 433 g/mol. The highest BCUT2D eigenvalue weighted by atomic mass is 16.5. The van der Waals surface area contributed by atoms with Gasteiger partial charge in [0.25, 0.3) is 11.8 Å². The minimum absolute atomic E-state index is 0.143. The first-order chi connectivity index (χ1) is 15.4. The van der Waals surface area contributed by atoms with Gasteiger partial charge in [-0.05, 0) is 30.2 Å². The minimum atomic E-state index is -0.339. The summed E-state index contributed by atoms with van der Waals surface area (Å²) >= 11 is 0. The van der Waals surface area contributed by atoms with Crippen LogP contribution in [-0.4, -0.2) is 25.5 Å². The molecule has 2 amide bonds. The summed E-state index contributed by atoms with van der Waals surface area (Å²) in [6.07, 6.45) is 16.4. The molecule has 1 aliphatic carbocycles. The third-order valence-electron chi connectivity index (χ3n) is 4.91. The normalized spacial score (nSPS) is 18.2. The van der Waals surface area contributed by atoms with Crippen molar-refractivity contribution in [3.05, 3.63) is 108 Å². The van der Waals surface area contributed by atoms with Crippen LogP contribution in [0, 0.1) is 5.41 Å². The van der Waals surface area contributed by atoms with E-state index in [1.54, 1.807) is 25.3 Å². The van der Waals surface area contributed by atoms with Crippen LogP contribution in [0.2, 0.25) is 0 Å². The molecule has 1 atom stereocenters. The number of carbonyl (C=O) groups excluding carboxylic acids is 2. The molecule has 1 aromatic rings. The Hall–Kier alpha value is -3.44. The van der Waals surface area contributed by atoms with E-state index >= 15 is 0 Å². The molecule has 1 aromatic carbocycles. The quantitative estimate of drug-likeness (QED) is 0.428. The van der Waals surface area contributed by atoms with Crippen LogP contribution in [0.25, 0.3) is 0 Å². The fraction of sp³-hybridized carbons (Fsp3) is 0.259. The molecular formula is C27H32N2O3. The first-order valence-electron chi connectivity index (χ1n) is 10.6. The number of methoxy groups -OCH3 is 1. The van der Waals surface area contributed by atoms with E-state index in [0.717, 1.165) is 11.1 Å². The van der Waals surface area contributed by atoms with E-state index in [0.29, 0.717) is 30.8 Å². The number of carbonyl (C=O) groups is 2. The van der Waals surface area contributed by atoms with E-state index in [4.69, 9.17) is 4.74 Å². The number of nitrogens with one attached hydrogen (secondary N) is 2. The lowest BCUT2D eigenvalue weighted by Gasteiger charge is -2.21. The van der Waals surface area contributed by atoms with Crippen molar-refractivity contribution >= 4 is 11.8 Å². The van der Waals surface area contributed by atoms with Crippen molar-refractivity contribution in [2.75, 3.05) is 13.7 Å². The van der Waals surface area contributed by atoms with E-state index in [2.05, 4.69) is 17.2 Å². The van der Waals surface area contributed by atoms with Crippen LogP contribution in [0.15, 0.2) is 96.7 Å². The van der Waals surface area contributed by atoms with Gasteiger partial charge >= 0.3 is 0 Å². The summed E-state index contributed by atoms with van der Waals surface area (Å²) in [5.41, 5.74) is 2.67. The number of ether oxygens (including phenoxy) is 1. The topological polar surface area (TPSA) is 67.4 Å². The van der Waals surface area contributed by atoms with E-state index in [1.807, 2.05) is 68.5 Å². The van der Waals surface area contributed by atoms with Crippen LogP contribution in [-0.2, 0) is 27.4 Å². The zero-order valence-corrected chi connectivity index (χ0v) is 19.1. The van der Waals surface area contributed by atoms with Gasteiger partial charge < -0.3 is 15.4 Å². The van der Waals surface area contributed by atoms with Gasteiger partial charge in [0.15, 0.2) is 0 Å². The van der Waals surface area contributed by atoms with Crippen molar-refractivity contribution in [2.24, 2.45) is 5.41 Å². The van der Waals surface area contributed by atoms with E-state index in [-0.39, 0.29) is 17.2 Å². The van der Waals surface area contributed by atoms with Gasteiger partial charge in [0, 0.05) is 36.8 Å². The molecule has 1 unspecified atom stereocenters. The maximum Gasteiger partial charge on any atom is 0.251 e. The first kappa shape index (κ1) is 24.8. The van der Waals surface area contributed by atoms with Crippen LogP contribution in [0.5, 0.6) is 0 Å². The van der Waals surface area contributed by atoms with Gasteiger partial charge in [0.1, 0.15) is 0 Å². The lowest BCUT2D eigenvalue weighted by molar-refractivity contribution is -0.118. The summed E-state index contributed by atoms with van der Waals surface area (Å²) in [5, 5.41) is 5.87. The predicted molar refractivity (Wildman–Crippen MR) is 130 cm³/mol. The Morgan fingerprint density at radius 3 is 2.53 bits per heavy atom. The van der Waals surface area contributed by atoms with Crippen LogP contribution in [0.1, 0.15) is 25.0 Å². The number of rotatable bonds is 10. The molecule has 5 nitrogen and oxygen atoms in total. The molecule has 0 spiro atoms. The molecule has 2 rings (SSSR count). The predicted octanol–water partition coefficient (Wildman–Crippen LogP) is 4.31. The molecule has 1 aliphatic rings. The molecule has 0 heterocycles. The Labute approximate surface area is 190 Å². The van der Waals surface area contributed by atoms with Crippen LogP contribution >= 0.6 is 0 Å². The van der Waals surface area contributed by atoms with Gasteiger partial charge in [-0.1, -0.05) is 80.3 Å². The first-order valence-corrected chi connectivity index (χ1v) is 10.6. The monoisotopic (exact) mass is 432 g/mol. The molecule has 0 saturated heterocycles. The summed E-state index contributed by atoms with van der Waals surface area (Å²) in [4.78, 5) is 25.0. The van der Waals surface area contributed by atoms with Crippen LogP contribution in [0.3, 0.4) is 0 Å². The summed E-state index contributed by atoms with van der Waals surface area (Å²) in [6, 6.07) is 7.77. The van der Waals surface area contributed by atoms with Crippen molar-refractivity contribution < 1.29 is 14.3 Å². The molecule has 2 N–H and O–H groups in total. The Kier molecular flexibility index (Phi) is 9.64. The summed E-state index contributed by atoms with van der Waals surface area (Å²) in [5.74, 6) is -0.327. The number of hydrogen-bond acceptors (Lipinski definition) is 3. The SMILES string of the molecule is C=C/C(=C\C=C/C)C(=O)NCc1cccc(CNC(=O)C2=CC(C)(COC)C=CC=C2)c1. The van der Waals surface area contributed by atoms with Crippen molar-refractivity contribution in [1.29, 1.82) is 0 Å². The molecule has 0 radical (unpaired) electrons. The summed E-state index contributed by atoms with van der Waals surface area (Å²) in [6.45, 7) is 8.86. The third kappa shape index (κ3) is 7.67. The Balaban J connectivity index is 1.98. The second-order valence-corrected chi connectivity index (χ2v) is 7.79. The Morgan fingerprint density at radius 1 is 1.16 bits per heavy atom. The van der Waals surface area contributed by atoms with Crippen molar-refractivity contribution in [3.63, 3.8) is 0 Å². The van der Waals surface area contributed by atoms with Gasteiger partial charge in [-0.15, -0.1) is 0 Å². The maximum absolute atomic E-state index is 12.7. The highest BCUT2D eigenvalue weighted by Gasteiger charge is 2.21. The van der Waals surface area contributed by atoms with Gasteiger partial charge in [-0.25, -0.2) is 0 Å². The van der Waals surface area contributed by atoms with E-state index < -0.39 is 0 Å². The zero-order valence-electron chi connectivity index (χ0n) is 19.1. The molecule has 0 fully saturated rings. The fourth-order valence-corrected chi connectivity index (χ4v) is 3.28. The van der Waals surface area contributed by atoms with Crippen molar-refractivity contribution in [3.8, 4) is 0 Å². The molecule has 0 saturated carbocycles. The van der Waals surface area contributed by atoms with E-state index in [9.17, 15) is 9.59 Å². The molecule has 0 bridgehead atoms. The number of allylic oxidation sites excluding steroid dienone is 5. The second-order valence-electron chi connectivity index (χ2n) is 7.79. The van der Waals surface area contributed by atoms with Crippen molar-refractivity contribution in [2.45, 2.75) is 26.9 Å². The largest absolute Gasteiger partial charge is 0.383 e. The van der Waals surface area contributed by atoms with Crippen LogP contribution in [0.4, 0.5) is 0 Å². The van der Waals surface area contributed by atoms with Gasteiger partial charge in [0.05, 0.1) is 6.61 Å². The minimum Gasteiger partial charge on any atom is -0.383 e. The molecular weight excluding hydrogens is 400 g/mol. The van der Waals surface area contributed by atoms with Gasteiger partial charge in [-0.2, -0.15) is 0 Å². The van der Waals surface area contributed by atoms with Gasteiger partial charge in [-0.3, -0.25) is 9.59 Å². The highest BCUT2D eigenvalue weighted by molar-refractivity contribution is 5.97. The summed E-state index contributed by atoms with van der Waals surface area (Å²) in [7, 11) is 1.65. The molecule has 0 aliphatic heterocycles. The molecule has 32 heavy (non-hydrogen) atoms. The highest BCUT2D eigenvalue weighted by Crippen LogP contribution is 2.25. The maximum atomic E-state index is 12.7. The Morgan fingerprint density at radius 2 is 1.88 bits per heavy atom. The number of hydrogen-bond donors (Lipinski definition) is 2. The van der Waals surface area contributed by atoms with Gasteiger partial charge in [0.2, 0.25) is 0 Å². The zero-order chi connectivity index (χ0) is 23.4. The third-order valence-corrected chi connectivity index (χ3v) is 4.91. The smallest absolute Gasteiger partial charge is 0.251 e. The standard InChI is InChI=1S/C27H32N2O3/c1-5-7-13-23(6-2)25(30)28-18-21-11-10-12-22(16-21)19-29-26(31)24-14-8-9-15-27(3,17-24)20-32-4/h5-17H,2,18-20H2,1,3-4H3,(H,28,30)(H,29,31)/b7-5-,23-13+.